The van der Waals surface area contributed by atoms with Gasteiger partial charge in [-0.3, -0.25) is 9.59 Å². The molecule has 2 heterocycles. The molecule has 1 unspecified atom stereocenters. The van der Waals surface area contributed by atoms with Gasteiger partial charge < -0.3 is 20.6 Å². The van der Waals surface area contributed by atoms with Gasteiger partial charge in [0, 0.05) is 33.1 Å². The lowest BCUT2D eigenvalue weighted by Gasteiger charge is -2.28. The van der Waals surface area contributed by atoms with E-state index in [1.165, 1.54) is 0 Å². The molecule has 0 aromatic rings. The van der Waals surface area contributed by atoms with Gasteiger partial charge in [-0.1, -0.05) is 0 Å². The molecule has 3 N–H and O–H groups in total. The summed E-state index contributed by atoms with van der Waals surface area (Å²) in [5.41, 5.74) is 0. The van der Waals surface area contributed by atoms with Crippen LogP contribution in [0.25, 0.3) is 0 Å². The Hall–Kier alpha value is -1.14. The highest BCUT2D eigenvalue weighted by Gasteiger charge is 2.36. The largest absolute Gasteiger partial charge is 0.390 e. The van der Waals surface area contributed by atoms with Crippen molar-refractivity contribution in [2.75, 3.05) is 26.7 Å². The normalized spacial score (nSPS) is 33.9. The number of carbonyl (C=O) groups is 2. The van der Waals surface area contributed by atoms with Gasteiger partial charge in [-0.25, -0.2) is 0 Å². The van der Waals surface area contributed by atoms with Crippen LogP contribution < -0.4 is 10.6 Å². The maximum atomic E-state index is 12.0. The van der Waals surface area contributed by atoms with Crippen LogP contribution in [-0.4, -0.2) is 60.6 Å². The van der Waals surface area contributed by atoms with Crippen molar-refractivity contribution in [1.82, 2.24) is 15.5 Å². The van der Waals surface area contributed by atoms with Crippen molar-refractivity contribution in [3.63, 3.8) is 0 Å². The molecule has 0 bridgehead atoms. The van der Waals surface area contributed by atoms with Crippen molar-refractivity contribution >= 4 is 11.8 Å². The molecule has 6 nitrogen and oxygen atoms in total. The molecule has 2 amide bonds. The summed E-state index contributed by atoms with van der Waals surface area (Å²) in [6, 6.07) is -0.178. The fourth-order valence-corrected chi connectivity index (χ4v) is 2.28. The van der Waals surface area contributed by atoms with Crippen LogP contribution in [0.1, 0.15) is 6.42 Å². The summed E-state index contributed by atoms with van der Waals surface area (Å²) in [5.74, 6) is -0.409. The maximum absolute atomic E-state index is 12.0. The second-order valence-electron chi connectivity index (χ2n) is 4.45. The van der Waals surface area contributed by atoms with E-state index in [2.05, 4.69) is 10.6 Å². The minimum absolute atomic E-state index is 0.0638. The number of rotatable bonds is 2. The molecule has 2 fully saturated rings. The van der Waals surface area contributed by atoms with Gasteiger partial charge in [0.15, 0.2) is 0 Å². The maximum Gasteiger partial charge on any atom is 0.228 e. The van der Waals surface area contributed by atoms with Crippen LogP contribution in [0.4, 0.5) is 0 Å². The summed E-state index contributed by atoms with van der Waals surface area (Å²) in [6.07, 6.45) is -0.251. The number of nitrogens with zero attached hydrogens (tertiary/aromatic N) is 1. The minimum atomic E-state index is -0.515. The summed E-state index contributed by atoms with van der Waals surface area (Å²) in [6.45, 7) is 1.54. The SMILES string of the molecule is CN(C(=O)C1CNC(=O)C1)[C@H]1CNC[C@@H]1O. The number of aliphatic hydroxyl groups is 1. The van der Waals surface area contributed by atoms with Crippen molar-refractivity contribution in [3.05, 3.63) is 0 Å². The molecule has 16 heavy (non-hydrogen) atoms. The topological polar surface area (TPSA) is 81.7 Å². The molecule has 2 aliphatic rings. The fourth-order valence-electron chi connectivity index (χ4n) is 2.28. The predicted molar refractivity (Wildman–Crippen MR) is 56.6 cm³/mol. The summed E-state index contributed by atoms with van der Waals surface area (Å²) in [5, 5.41) is 15.3. The fraction of sp³-hybridized carbons (Fsp3) is 0.800. The molecule has 0 aromatic carbocycles. The van der Waals surface area contributed by atoms with E-state index in [9.17, 15) is 14.7 Å². The van der Waals surface area contributed by atoms with Crippen LogP contribution >= 0.6 is 0 Å². The van der Waals surface area contributed by atoms with Gasteiger partial charge in [0.05, 0.1) is 18.1 Å². The first kappa shape index (κ1) is 11.3. The average molecular weight is 227 g/mol. The van der Waals surface area contributed by atoms with Crippen molar-refractivity contribution in [1.29, 1.82) is 0 Å². The average Bonchev–Trinajstić information content (AvgIpc) is 2.85. The van der Waals surface area contributed by atoms with Crippen LogP contribution in [0.2, 0.25) is 0 Å². The number of amides is 2. The lowest BCUT2D eigenvalue weighted by molar-refractivity contribution is -0.137. The molecular formula is C10H17N3O3. The zero-order valence-corrected chi connectivity index (χ0v) is 9.27. The lowest BCUT2D eigenvalue weighted by Crippen LogP contribution is -2.47. The van der Waals surface area contributed by atoms with E-state index in [4.69, 9.17) is 0 Å². The Bertz CT molecular complexity index is 308. The zero-order valence-electron chi connectivity index (χ0n) is 9.27. The smallest absolute Gasteiger partial charge is 0.228 e. The van der Waals surface area contributed by atoms with Gasteiger partial charge in [-0.05, 0) is 0 Å². The van der Waals surface area contributed by atoms with Crippen LogP contribution in [-0.2, 0) is 9.59 Å². The second kappa shape index (κ2) is 4.39. The first-order chi connectivity index (χ1) is 7.59. The molecule has 0 aliphatic carbocycles. The molecule has 2 saturated heterocycles. The predicted octanol–water partition coefficient (Wildman–Crippen LogP) is -2.09. The molecule has 2 aliphatic heterocycles. The van der Waals surface area contributed by atoms with Gasteiger partial charge in [0.25, 0.3) is 0 Å². The summed E-state index contributed by atoms with van der Waals surface area (Å²) in [4.78, 5) is 24.6. The monoisotopic (exact) mass is 227 g/mol. The Labute approximate surface area is 94.0 Å². The Kier molecular flexibility index (Phi) is 3.11. The molecule has 0 spiro atoms. The van der Waals surface area contributed by atoms with E-state index in [-0.39, 0.29) is 30.2 Å². The number of aliphatic hydroxyl groups excluding tert-OH is 1. The number of β-amino-alcohol motifs (C(OH)–C–C–N with tert-alkyl or cyclic N) is 1. The molecule has 6 heteroatoms. The van der Waals surface area contributed by atoms with Crippen LogP contribution in [0.3, 0.4) is 0 Å². The van der Waals surface area contributed by atoms with E-state index in [0.29, 0.717) is 19.6 Å². The number of nitrogens with one attached hydrogen (secondary N) is 2. The number of hydrogen-bond acceptors (Lipinski definition) is 4. The van der Waals surface area contributed by atoms with Crippen LogP contribution in [0.5, 0.6) is 0 Å². The summed E-state index contributed by atoms with van der Waals surface area (Å²) < 4.78 is 0. The Morgan fingerprint density at radius 3 is 2.69 bits per heavy atom. The molecule has 0 radical (unpaired) electrons. The highest BCUT2D eigenvalue weighted by molar-refractivity contribution is 5.89. The van der Waals surface area contributed by atoms with Crippen molar-refractivity contribution in [3.8, 4) is 0 Å². The number of hydrogen-bond donors (Lipinski definition) is 3. The molecule has 3 atom stereocenters. The van der Waals surface area contributed by atoms with Crippen molar-refractivity contribution in [2.45, 2.75) is 18.6 Å². The molecule has 90 valence electrons. The molecule has 2 rings (SSSR count). The molecular weight excluding hydrogens is 210 g/mol. The summed E-state index contributed by atoms with van der Waals surface area (Å²) in [7, 11) is 1.69. The third kappa shape index (κ3) is 2.03. The number of likely N-dealkylation sites (N-methyl/N-ethyl adjacent to an activating group) is 1. The van der Waals surface area contributed by atoms with E-state index in [0.717, 1.165) is 0 Å². The van der Waals surface area contributed by atoms with Crippen molar-refractivity contribution in [2.24, 2.45) is 5.92 Å². The van der Waals surface area contributed by atoms with E-state index in [1.807, 2.05) is 0 Å². The Balaban J connectivity index is 1.96. The minimum Gasteiger partial charge on any atom is -0.390 e. The van der Waals surface area contributed by atoms with Crippen molar-refractivity contribution < 1.29 is 14.7 Å². The molecule has 0 aromatic heterocycles. The standard InChI is InChI=1S/C10H17N3O3/c1-13(7-4-11-5-8(7)14)10(16)6-2-9(15)12-3-6/h6-8,11,14H,2-5H2,1H3,(H,12,15)/t6?,7-,8-/m0/s1. The number of carbonyl (C=O) groups excluding carboxylic acids is 2. The molecule has 0 saturated carbocycles. The first-order valence-electron chi connectivity index (χ1n) is 5.51. The van der Waals surface area contributed by atoms with Crippen LogP contribution in [0, 0.1) is 5.92 Å². The Morgan fingerprint density at radius 1 is 1.44 bits per heavy atom. The van der Waals surface area contributed by atoms with E-state index < -0.39 is 6.10 Å². The Morgan fingerprint density at radius 2 is 2.19 bits per heavy atom. The summed E-state index contributed by atoms with van der Waals surface area (Å²) >= 11 is 0. The van der Waals surface area contributed by atoms with Gasteiger partial charge in [0.2, 0.25) is 11.8 Å². The van der Waals surface area contributed by atoms with Gasteiger partial charge in [0.1, 0.15) is 0 Å². The van der Waals surface area contributed by atoms with Crippen LogP contribution in [0.15, 0.2) is 0 Å². The first-order valence-corrected chi connectivity index (χ1v) is 5.51. The van der Waals surface area contributed by atoms with E-state index in [1.54, 1.807) is 11.9 Å². The van der Waals surface area contributed by atoms with Gasteiger partial charge >= 0.3 is 0 Å². The van der Waals surface area contributed by atoms with Gasteiger partial charge in [-0.15, -0.1) is 0 Å². The third-order valence-electron chi connectivity index (χ3n) is 3.32. The third-order valence-corrected chi connectivity index (χ3v) is 3.32. The highest BCUT2D eigenvalue weighted by Crippen LogP contribution is 2.16. The highest BCUT2D eigenvalue weighted by atomic mass is 16.3. The zero-order chi connectivity index (χ0) is 11.7. The second-order valence-corrected chi connectivity index (χ2v) is 4.45. The van der Waals surface area contributed by atoms with Gasteiger partial charge in [-0.2, -0.15) is 0 Å². The van der Waals surface area contributed by atoms with E-state index >= 15 is 0 Å². The quantitative estimate of drug-likeness (QED) is 0.505. The lowest BCUT2D eigenvalue weighted by atomic mass is 10.1.